The molecule has 3 rings (SSSR count). The van der Waals surface area contributed by atoms with Gasteiger partial charge in [-0.1, -0.05) is 43.7 Å². The molecule has 0 bridgehead atoms. The van der Waals surface area contributed by atoms with Gasteiger partial charge in [0.2, 0.25) is 0 Å². The molecule has 0 amide bonds. The van der Waals surface area contributed by atoms with Crippen molar-refractivity contribution in [3.8, 4) is 5.75 Å². The summed E-state index contributed by atoms with van der Waals surface area (Å²) in [5.41, 5.74) is 6.19. The first kappa shape index (κ1) is 19.0. The molecule has 1 heterocycles. The van der Waals surface area contributed by atoms with Crippen LogP contribution in [0.25, 0.3) is 10.9 Å². The maximum Gasteiger partial charge on any atom is 0.343 e. The van der Waals surface area contributed by atoms with Gasteiger partial charge < -0.3 is 14.0 Å². The van der Waals surface area contributed by atoms with E-state index in [0.29, 0.717) is 0 Å². The average Bonchev–Trinajstić information content (AvgIpc) is 2.99. The summed E-state index contributed by atoms with van der Waals surface area (Å²) in [6, 6.07) is 14.7. The summed E-state index contributed by atoms with van der Waals surface area (Å²) in [5, 5.41) is 1.06. The van der Waals surface area contributed by atoms with Crippen molar-refractivity contribution in [2.24, 2.45) is 0 Å². The fourth-order valence-electron chi connectivity index (χ4n) is 3.59. The average molecular weight is 365 g/mol. The second-order valence-corrected chi connectivity index (χ2v) is 6.90. The Hall–Kier alpha value is -2.75. The van der Waals surface area contributed by atoms with E-state index in [4.69, 9.17) is 9.47 Å². The minimum Gasteiger partial charge on any atom is -0.481 e. The Morgan fingerprint density at radius 1 is 1.11 bits per heavy atom. The van der Waals surface area contributed by atoms with Crippen LogP contribution in [0.3, 0.4) is 0 Å². The number of benzene rings is 2. The number of aromatic nitrogens is 1. The monoisotopic (exact) mass is 365 g/mol. The van der Waals surface area contributed by atoms with E-state index in [1.165, 1.54) is 35.0 Å². The van der Waals surface area contributed by atoms with E-state index in [1.807, 2.05) is 12.1 Å². The van der Waals surface area contributed by atoms with Gasteiger partial charge in [-0.3, -0.25) is 0 Å². The van der Waals surface area contributed by atoms with Crippen LogP contribution < -0.4 is 4.74 Å². The Kier molecular flexibility index (Phi) is 5.84. The fraction of sp³-hybridized carbons (Fsp3) is 0.348. The zero-order valence-electron chi connectivity index (χ0n) is 16.5. The quantitative estimate of drug-likeness (QED) is 0.564. The highest BCUT2D eigenvalue weighted by molar-refractivity contribution is 5.91. The van der Waals surface area contributed by atoms with Crippen LogP contribution in [0.15, 0.2) is 42.5 Å². The van der Waals surface area contributed by atoms with E-state index >= 15 is 0 Å². The SMILES string of the molecule is CCCc1c(C)cc(OCC(=O)OC)c2cc(C)n(Cc3ccccc3)c12. The lowest BCUT2D eigenvalue weighted by Crippen LogP contribution is -2.13. The molecule has 0 aliphatic rings. The highest BCUT2D eigenvalue weighted by Crippen LogP contribution is 2.35. The van der Waals surface area contributed by atoms with Gasteiger partial charge in [0.1, 0.15) is 5.75 Å². The molecule has 0 saturated carbocycles. The Labute approximate surface area is 160 Å². The largest absolute Gasteiger partial charge is 0.481 e. The summed E-state index contributed by atoms with van der Waals surface area (Å²) in [6.07, 6.45) is 2.09. The topological polar surface area (TPSA) is 40.5 Å². The first-order valence-electron chi connectivity index (χ1n) is 9.41. The number of hydrogen-bond donors (Lipinski definition) is 0. The number of ether oxygens (including phenoxy) is 2. The van der Waals surface area contributed by atoms with Gasteiger partial charge in [-0.25, -0.2) is 4.79 Å². The predicted octanol–water partition coefficient (Wildman–Crippen LogP) is 4.81. The van der Waals surface area contributed by atoms with Crippen LogP contribution in [-0.4, -0.2) is 24.3 Å². The first-order valence-corrected chi connectivity index (χ1v) is 9.41. The lowest BCUT2D eigenvalue weighted by molar-refractivity contribution is -0.142. The van der Waals surface area contributed by atoms with Gasteiger partial charge >= 0.3 is 5.97 Å². The predicted molar refractivity (Wildman–Crippen MR) is 108 cm³/mol. The van der Waals surface area contributed by atoms with Gasteiger partial charge in [0.05, 0.1) is 12.6 Å². The Bertz CT molecular complexity index is 941. The van der Waals surface area contributed by atoms with Crippen LogP contribution in [0.4, 0.5) is 0 Å². The molecule has 0 radical (unpaired) electrons. The number of nitrogens with zero attached hydrogens (tertiary/aromatic N) is 1. The summed E-state index contributed by atoms with van der Waals surface area (Å²) in [7, 11) is 1.37. The van der Waals surface area contributed by atoms with Crippen molar-refractivity contribution in [1.29, 1.82) is 0 Å². The van der Waals surface area contributed by atoms with Crippen LogP contribution in [0.2, 0.25) is 0 Å². The molecule has 142 valence electrons. The number of fused-ring (bicyclic) bond motifs is 1. The zero-order valence-corrected chi connectivity index (χ0v) is 16.5. The van der Waals surface area contributed by atoms with Crippen LogP contribution in [-0.2, 0) is 22.5 Å². The van der Waals surface area contributed by atoms with E-state index in [1.54, 1.807) is 0 Å². The second kappa shape index (κ2) is 8.30. The Morgan fingerprint density at radius 2 is 1.85 bits per heavy atom. The highest BCUT2D eigenvalue weighted by Gasteiger charge is 2.17. The number of esters is 1. The van der Waals surface area contributed by atoms with Gasteiger partial charge in [0, 0.05) is 17.6 Å². The van der Waals surface area contributed by atoms with Crippen molar-refractivity contribution in [2.45, 2.75) is 40.2 Å². The molecule has 0 saturated heterocycles. The highest BCUT2D eigenvalue weighted by atomic mass is 16.6. The maximum atomic E-state index is 11.5. The molecular weight excluding hydrogens is 338 g/mol. The molecule has 1 aromatic heterocycles. The molecule has 0 unspecified atom stereocenters. The third-order valence-electron chi connectivity index (χ3n) is 4.94. The molecule has 0 fully saturated rings. The molecule has 0 aliphatic heterocycles. The summed E-state index contributed by atoms with van der Waals surface area (Å²) < 4.78 is 12.9. The summed E-state index contributed by atoms with van der Waals surface area (Å²) in [4.78, 5) is 11.5. The van der Waals surface area contributed by atoms with E-state index in [2.05, 4.69) is 55.7 Å². The van der Waals surface area contributed by atoms with Crippen molar-refractivity contribution in [3.63, 3.8) is 0 Å². The van der Waals surface area contributed by atoms with E-state index in [9.17, 15) is 4.79 Å². The van der Waals surface area contributed by atoms with Crippen molar-refractivity contribution < 1.29 is 14.3 Å². The number of rotatable bonds is 7. The van der Waals surface area contributed by atoms with Gasteiger partial charge in [0.25, 0.3) is 0 Å². The van der Waals surface area contributed by atoms with Crippen molar-refractivity contribution in [1.82, 2.24) is 4.57 Å². The summed E-state index contributed by atoms with van der Waals surface area (Å²) >= 11 is 0. The van der Waals surface area contributed by atoms with Gasteiger partial charge in [-0.05, 0) is 49.1 Å². The summed E-state index contributed by atoms with van der Waals surface area (Å²) in [6.45, 7) is 7.17. The Morgan fingerprint density at radius 3 is 2.52 bits per heavy atom. The van der Waals surface area contributed by atoms with Crippen LogP contribution >= 0.6 is 0 Å². The van der Waals surface area contributed by atoms with Gasteiger partial charge in [-0.2, -0.15) is 0 Å². The number of hydrogen-bond acceptors (Lipinski definition) is 3. The first-order chi connectivity index (χ1) is 13.0. The molecule has 0 N–H and O–H groups in total. The lowest BCUT2D eigenvalue weighted by atomic mass is 10.00. The second-order valence-electron chi connectivity index (χ2n) is 6.90. The van der Waals surface area contributed by atoms with E-state index < -0.39 is 0 Å². The molecule has 0 atom stereocenters. The lowest BCUT2D eigenvalue weighted by Gasteiger charge is -2.16. The van der Waals surface area contributed by atoms with E-state index in [0.717, 1.165) is 30.5 Å². The third-order valence-corrected chi connectivity index (χ3v) is 4.94. The molecule has 3 aromatic rings. The van der Waals surface area contributed by atoms with Crippen molar-refractivity contribution in [2.75, 3.05) is 13.7 Å². The number of carbonyl (C=O) groups excluding carboxylic acids is 1. The Balaban J connectivity index is 2.13. The number of aryl methyl sites for hydroxylation is 3. The smallest absolute Gasteiger partial charge is 0.343 e. The third kappa shape index (κ3) is 4.00. The molecule has 27 heavy (non-hydrogen) atoms. The minimum absolute atomic E-state index is 0.0823. The molecule has 0 aliphatic carbocycles. The summed E-state index contributed by atoms with van der Waals surface area (Å²) in [5.74, 6) is 0.363. The van der Waals surface area contributed by atoms with Crippen LogP contribution in [0, 0.1) is 13.8 Å². The molecule has 4 heteroatoms. The minimum atomic E-state index is -0.376. The number of methoxy groups -OCH3 is 1. The molecular formula is C23H27NO3. The maximum absolute atomic E-state index is 11.5. The van der Waals surface area contributed by atoms with E-state index in [-0.39, 0.29) is 12.6 Å². The van der Waals surface area contributed by atoms with Gasteiger partial charge in [0.15, 0.2) is 6.61 Å². The van der Waals surface area contributed by atoms with Crippen molar-refractivity contribution >= 4 is 16.9 Å². The van der Waals surface area contributed by atoms with Crippen LogP contribution in [0.5, 0.6) is 5.75 Å². The van der Waals surface area contributed by atoms with Gasteiger partial charge in [-0.15, -0.1) is 0 Å². The molecule has 0 spiro atoms. The standard InChI is InChI=1S/C23H27NO3/c1-5-9-19-16(2)12-21(27-15-22(25)26-4)20-13-17(3)24(23(19)20)14-18-10-7-6-8-11-18/h6-8,10-13H,5,9,14-15H2,1-4H3. The van der Waals surface area contributed by atoms with Crippen molar-refractivity contribution in [3.05, 3.63) is 64.8 Å². The zero-order chi connectivity index (χ0) is 19.4. The number of carbonyl (C=O) groups is 1. The normalized spacial score (nSPS) is 11.0. The fourth-order valence-corrected chi connectivity index (χ4v) is 3.59. The molecule has 4 nitrogen and oxygen atoms in total. The molecule has 2 aromatic carbocycles. The van der Waals surface area contributed by atoms with Crippen LogP contribution in [0.1, 0.15) is 35.7 Å².